The van der Waals surface area contributed by atoms with Crippen molar-refractivity contribution >= 4 is 11.6 Å². The van der Waals surface area contributed by atoms with Crippen LogP contribution < -0.4 is 10.1 Å². The van der Waals surface area contributed by atoms with E-state index in [1.807, 2.05) is 0 Å². The fourth-order valence-electron chi connectivity index (χ4n) is 5.77. The van der Waals surface area contributed by atoms with E-state index in [1.165, 1.54) is 50.7 Å². The van der Waals surface area contributed by atoms with Crippen LogP contribution in [0.1, 0.15) is 44.9 Å². The summed E-state index contributed by atoms with van der Waals surface area (Å²) in [6.45, 7) is -2.83. The Labute approximate surface area is 140 Å². The van der Waals surface area contributed by atoms with E-state index in [9.17, 15) is 13.6 Å². The molecule has 0 heterocycles. The van der Waals surface area contributed by atoms with Gasteiger partial charge in [-0.2, -0.15) is 8.78 Å². The zero-order chi connectivity index (χ0) is 16.7. The van der Waals surface area contributed by atoms with Crippen molar-refractivity contribution in [3.63, 3.8) is 0 Å². The predicted octanol–water partition coefficient (Wildman–Crippen LogP) is 4.83. The highest BCUT2D eigenvalue weighted by molar-refractivity contribution is 5.91. The summed E-state index contributed by atoms with van der Waals surface area (Å²) >= 11 is 0. The van der Waals surface area contributed by atoms with E-state index >= 15 is 0 Å². The van der Waals surface area contributed by atoms with Gasteiger partial charge in [-0.25, -0.2) is 0 Å². The largest absolute Gasteiger partial charge is 0.435 e. The fraction of sp³-hybridized carbons (Fsp3) is 0.632. The van der Waals surface area contributed by atoms with E-state index in [2.05, 4.69) is 10.1 Å². The summed E-state index contributed by atoms with van der Waals surface area (Å²) in [6, 6.07) is 6.11. The van der Waals surface area contributed by atoms with Crippen molar-refractivity contribution in [1.29, 1.82) is 0 Å². The molecule has 130 valence electrons. The normalized spacial score (nSPS) is 33.7. The van der Waals surface area contributed by atoms with Gasteiger partial charge in [0.1, 0.15) is 5.75 Å². The van der Waals surface area contributed by atoms with E-state index in [-0.39, 0.29) is 17.1 Å². The molecule has 0 radical (unpaired) electrons. The van der Waals surface area contributed by atoms with Crippen molar-refractivity contribution in [1.82, 2.24) is 0 Å². The van der Waals surface area contributed by atoms with Gasteiger partial charge in [0.2, 0.25) is 5.91 Å². The topological polar surface area (TPSA) is 38.3 Å². The van der Waals surface area contributed by atoms with Gasteiger partial charge in [-0.05, 0) is 86.0 Å². The van der Waals surface area contributed by atoms with Crippen LogP contribution in [0.15, 0.2) is 24.3 Å². The first kappa shape index (κ1) is 15.9. The quantitative estimate of drug-likeness (QED) is 0.837. The number of ether oxygens (including phenoxy) is 1. The van der Waals surface area contributed by atoms with Gasteiger partial charge >= 0.3 is 6.61 Å². The lowest BCUT2D eigenvalue weighted by atomic mass is 9.49. The van der Waals surface area contributed by atoms with Gasteiger partial charge in [0.15, 0.2) is 0 Å². The van der Waals surface area contributed by atoms with Crippen molar-refractivity contribution < 1.29 is 18.3 Å². The Morgan fingerprint density at radius 1 is 1.08 bits per heavy atom. The second-order valence-electron chi connectivity index (χ2n) is 8.05. The van der Waals surface area contributed by atoms with Gasteiger partial charge in [0.25, 0.3) is 0 Å². The zero-order valence-corrected chi connectivity index (χ0v) is 13.6. The van der Waals surface area contributed by atoms with Gasteiger partial charge < -0.3 is 10.1 Å². The third-order valence-electron chi connectivity index (χ3n) is 6.06. The van der Waals surface area contributed by atoms with E-state index < -0.39 is 6.61 Å². The molecule has 4 aliphatic carbocycles. The number of rotatable bonds is 5. The molecule has 1 N–H and O–H groups in total. The molecular weight excluding hydrogens is 312 g/mol. The number of alkyl halides is 2. The molecule has 5 rings (SSSR count). The van der Waals surface area contributed by atoms with Gasteiger partial charge in [-0.3, -0.25) is 4.79 Å². The summed E-state index contributed by atoms with van der Waals surface area (Å²) < 4.78 is 28.6. The second kappa shape index (κ2) is 6.01. The van der Waals surface area contributed by atoms with E-state index in [0.29, 0.717) is 12.1 Å². The molecule has 4 fully saturated rings. The molecule has 4 saturated carbocycles. The minimum Gasteiger partial charge on any atom is -0.435 e. The maximum Gasteiger partial charge on any atom is 0.387 e. The molecular formula is C19H23F2NO2. The molecule has 1 amide bonds. The highest BCUT2D eigenvalue weighted by atomic mass is 19.3. The number of hydrogen-bond acceptors (Lipinski definition) is 2. The average Bonchev–Trinajstić information content (AvgIpc) is 2.46. The molecule has 0 atom stereocenters. The minimum absolute atomic E-state index is 0.0412. The van der Waals surface area contributed by atoms with Crippen LogP contribution in [-0.4, -0.2) is 12.5 Å². The molecule has 0 spiro atoms. The van der Waals surface area contributed by atoms with Gasteiger partial charge in [-0.1, -0.05) is 0 Å². The standard InChI is InChI=1S/C19H23F2NO2/c20-18(21)24-16-3-1-15(2-4-16)22-17(23)11-19-8-12-5-13(9-19)7-14(6-12)10-19/h1-4,12-14,18H,5-11H2,(H,22,23). The molecule has 5 heteroatoms. The van der Waals surface area contributed by atoms with Crippen LogP contribution in [0.25, 0.3) is 0 Å². The monoisotopic (exact) mass is 335 g/mol. The summed E-state index contributed by atoms with van der Waals surface area (Å²) in [7, 11) is 0. The number of nitrogens with one attached hydrogen (secondary N) is 1. The summed E-state index contributed by atoms with van der Waals surface area (Å²) in [6.07, 6.45) is 8.30. The number of halogens is 2. The lowest BCUT2D eigenvalue weighted by molar-refractivity contribution is -0.124. The Bertz CT molecular complexity index is 579. The first-order valence-electron chi connectivity index (χ1n) is 8.84. The summed E-state index contributed by atoms with van der Waals surface area (Å²) in [5, 5.41) is 2.92. The summed E-state index contributed by atoms with van der Waals surface area (Å²) in [4.78, 5) is 12.5. The van der Waals surface area contributed by atoms with Gasteiger partial charge in [-0.15, -0.1) is 0 Å². The smallest absolute Gasteiger partial charge is 0.387 e. The highest BCUT2D eigenvalue weighted by Gasteiger charge is 2.51. The van der Waals surface area contributed by atoms with Crippen molar-refractivity contribution in [2.75, 3.05) is 5.32 Å². The Hall–Kier alpha value is -1.65. The van der Waals surface area contributed by atoms with Crippen molar-refractivity contribution in [2.24, 2.45) is 23.2 Å². The molecule has 1 aromatic rings. The summed E-state index contributed by atoms with van der Waals surface area (Å²) in [5.74, 6) is 2.63. The molecule has 24 heavy (non-hydrogen) atoms. The molecule has 0 aliphatic heterocycles. The van der Waals surface area contributed by atoms with Crippen molar-refractivity contribution in [3.8, 4) is 5.75 Å². The van der Waals surface area contributed by atoms with Crippen molar-refractivity contribution in [2.45, 2.75) is 51.6 Å². The molecule has 4 bridgehead atoms. The molecule has 0 unspecified atom stereocenters. The van der Waals surface area contributed by atoms with E-state index in [4.69, 9.17) is 0 Å². The third kappa shape index (κ3) is 3.26. The van der Waals surface area contributed by atoms with Crippen LogP contribution >= 0.6 is 0 Å². The number of amides is 1. The molecule has 3 nitrogen and oxygen atoms in total. The third-order valence-corrected chi connectivity index (χ3v) is 6.06. The van der Waals surface area contributed by atoms with Crippen LogP contribution in [0.2, 0.25) is 0 Å². The molecule has 0 saturated heterocycles. The SMILES string of the molecule is O=C(CC12CC3CC(CC(C3)C1)C2)Nc1ccc(OC(F)F)cc1. The first-order chi connectivity index (χ1) is 11.5. The van der Waals surface area contributed by atoms with Crippen LogP contribution in [0.3, 0.4) is 0 Å². The molecule has 0 aromatic heterocycles. The lowest BCUT2D eigenvalue weighted by Crippen LogP contribution is -2.47. The van der Waals surface area contributed by atoms with Crippen LogP contribution in [0.5, 0.6) is 5.75 Å². The predicted molar refractivity (Wildman–Crippen MR) is 86.9 cm³/mol. The molecule has 1 aromatic carbocycles. The average molecular weight is 335 g/mol. The zero-order valence-electron chi connectivity index (χ0n) is 13.6. The Balaban J connectivity index is 1.37. The van der Waals surface area contributed by atoms with Crippen LogP contribution in [0.4, 0.5) is 14.5 Å². The van der Waals surface area contributed by atoms with Crippen LogP contribution in [-0.2, 0) is 4.79 Å². The van der Waals surface area contributed by atoms with Crippen LogP contribution in [0, 0.1) is 23.2 Å². The Morgan fingerprint density at radius 2 is 1.62 bits per heavy atom. The van der Waals surface area contributed by atoms with Gasteiger partial charge in [0, 0.05) is 12.1 Å². The van der Waals surface area contributed by atoms with E-state index in [1.54, 1.807) is 12.1 Å². The number of benzene rings is 1. The highest BCUT2D eigenvalue weighted by Crippen LogP contribution is 2.61. The number of carbonyl (C=O) groups excluding carboxylic acids is 1. The maximum atomic E-state index is 12.5. The number of hydrogen-bond donors (Lipinski definition) is 1. The van der Waals surface area contributed by atoms with Crippen molar-refractivity contribution in [3.05, 3.63) is 24.3 Å². The second-order valence-corrected chi connectivity index (χ2v) is 8.05. The Kier molecular flexibility index (Phi) is 3.97. The van der Waals surface area contributed by atoms with E-state index in [0.717, 1.165) is 17.8 Å². The lowest BCUT2D eigenvalue weighted by Gasteiger charge is -2.56. The minimum atomic E-state index is -2.83. The Morgan fingerprint density at radius 3 is 2.12 bits per heavy atom. The summed E-state index contributed by atoms with van der Waals surface area (Å²) in [5.41, 5.74) is 0.837. The number of anilines is 1. The maximum absolute atomic E-state index is 12.5. The fourth-order valence-corrected chi connectivity index (χ4v) is 5.77. The number of carbonyl (C=O) groups is 1. The van der Waals surface area contributed by atoms with Gasteiger partial charge in [0.05, 0.1) is 0 Å². The molecule has 4 aliphatic rings. The first-order valence-corrected chi connectivity index (χ1v) is 8.84.